The van der Waals surface area contributed by atoms with Crippen LogP contribution in [0.1, 0.15) is 221 Å². The molecule has 0 saturated heterocycles. The highest BCUT2D eigenvalue weighted by Gasteiger charge is 2.60. The molecule has 24 saturated carbocycles. The monoisotopic (exact) mass is 1450 g/mol. The van der Waals surface area contributed by atoms with E-state index in [4.69, 9.17) is 14.2 Å². The first-order chi connectivity index (χ1) is 49.7. The summed E-state index contributed by atoms with van der Waals surface area (Å²) in [6, 6.07) is 3.72. The first kappa shape index (κ1) is 78.7. The van der Waals surface area contributed by atoms with Crippen molar-refractivity contribution in [3.8, 4) is 6.07 Å². The number of nitro groups is 1. The molecular formula is C88H130N6O11. The fraction of sp³-hybridized carbons (Fsp3) is 0.784. The molecule has 578 valence electrons. The van der Waals surface area contributed by atoms with Gasteiger partial charge in [-0.1, -0.05) is 46.9 Å². The number of nitrogens with one attached hydrogen (secondary N) is 2. The molecule has 0 spiro atoms. The number of carbonyl (C=O) groups is 6. The van der Waals surface area contributed by atoms with E-state index in [0.29, 0.717) is 106 Å². The number of rotatable bonds is 16. The van der Waals surface area contributed by atoms with E-state index in [9.17, 15) is 44.1 Å². The average Bonchev–Trinajstić information content (AvgIpc) is 0.743. The van der Waals surface area contributed by atoms with Crippen LogP contribution in [0, 0.1) is 163 Å². The summed E-state index contributed by atoms with van der Waals surface area (Å²) in [6.45, 7) is 30.7. The average molecular weight is 1450 g/mol. The molecule has 24 aliphatic rings. The van der Waals surface area contributed by atoms with E-state index in [-0.39, 0.29) is 77.4 Å². The molecule has 105 heavy (non-hydrogen) atoms. The molecule has 17 nitrogen and oxygen atoms in total. The number of nitriles is 1. The van der Waals surface area contributed by atoms with Crippen LogP contribution in [0.25, 0.3) is 0 Å². The Bertz CT molecular complexity index is 3170. The van der Waals surface area contributed by atoms with Crippen molar-refractivity contribution in [2.45, 2.75) is 263 Å². The van der Waals surface area contributed by atoms with Gasteiger partial charge in [0.1, 0.15) is 5.60 Å². The van der Waals surface area contributed by atoms with Crippen LogP contribution in [0.2, 0.25) is 0 Å². The molecule has 0 heterocycles. The van der Waals surface area contributed by atoms with E-state index < -0.39 is 0 Å². The molecular weight excluding hydrogens is 1320 g/mol. The molecule has 24 bridgehead atoms. The molecule has 24 rings (SSSR count). The molecule has 2 N–H and O–H groups in total. The number of nitrogens with zero attached hydrogens (tertiary/aromatic N) is 4. The van der Waals surface area contributed by atoms with E-state index in [1.807, 2.05) is 26.0 Å². The number of amides is 4. The zero-order chi connectivity index (χ0) is 74.0. The van der Waals surface area contributed by atoms with Gasteiger partial charge >= 0.3 is 11.9 Å². The van der Waals surface area contributed by atoms with Crippen molar-refractivity contribution in [3.05, 3.63) is 84.5 Å². The topological polar surface area (TPSA) is 228 Å². The van der Waals surface area contributed by atoms with Gasteiger partial charge in [0.15, 0.2) is 0 Å². The molecule has 24 aliphatic carbocycles. The second-order valence-corrected chi connectivity index (χ2v) is 38.0. The zero-order valence-corrected chi connectivity index (χ0v) is 63.9. The summed E-state index contributed by atoms with van der Waals surface area (Å²) in [7, 11) is 3.77. The molecule has 0 aliphatic heterocycles. The van der Waals surface area contributed by atoms with Crippen LogP contribution in [-0.2, 0) is 43.0 Å². The van der Waals surface area contributed by atoms with Gasteiger partial charge in [-0.25, -0.2) is 9.59 Å². The summed E-state index contributed by atoms with van der Waals surface area (Å²) in [5.41, 5.74) is 2.00. The SMILES string of the molecule is C.C=C(C)C(=O)N(CC)C1C2CC3CC(C2)CC1C3.C=C(C)C(=O)NC1C2CC3CC1CC(C2)C3[N+](=O)[O-].C=C(C)C(=O)OCC12CC3CC(CC(C3)C1)C2.C=CC(=O)N(C)C1C2CC3CC1CC(C2)C3C#N.C=CC(=O)NC1C2CC3CC1CC(C2)C3OC.C=CC(=O)OC12CC3CC(CC(C3)C1)C2. The third-order valence-electron chi connectivity index (χ3n) is 31.0. The van der Waals surface area contributed by atoms with Crippen molar-refractivity contribution in [3.63, 3.8) is 0 Å². The Morgan fingerprint density at radius 1 is 0.533 bits per heavy atom. The first-order valence-corrected chi connectivity index (χ1v) is 41.2. The Labute approximate surface area is 628 Å². The van der Waals surface area contributed by atoms with Gasteiger partial charge in [-0.05, 0) is 344 Å². The minimum atomic E-state index is -0.328. The quantitative estimate of drug-likeness (QED) is 0.0637. The Morgan fingerprint density at radius 2 is 0.943 bits per heavy atom. The lowest BCUT2D eigenvalue weighted by Crippen LogP contribution is -2.61. The van der Waals surface area contributed by atoms with E-state index in [1.54, 1.807) is 13.8 Å². The van der Waals surface area contributed by atoms with E-state index in [1.165, 1.54) is 134 Å². The zero-order valence-electron chi connectivity index (χ0n) is 63.9. The summed E-state index contributed by atoms with van der Waals surface area (Å²) in [6.07, 6.45) is 40.3. The Kier molecular flexibility index (Phi) is 24.2. The Morgan fingerprint density at radius 3 is 1.31 bits per heavy atom. The number of hydrogen-bond acceptors (Lipinski definition) is 12. The molecule has 0 atom stereocenters. The van der Waals surface area contributed by atoms with Crippen LogP contribution in [-0.4, -0.2) is 120 Å². The maximum Gasteiger partial charge on any atom is 0.333 e. The summed E-state index contributed by atoms with van der Waals surface area (Å²) in [4.78, 5) is 85.4. The fourth-order valence-electron chi connectivity index (χ4n) is 28.7. The first-order valence-electron chi connectivity index (χ1n) is 41.2. The van der Waals surface area contributed by atoms with Crippen molar-refractivity contribution in [2.24, 2.45) is 142 Å². The fourth-order valence-corrected chi connectivity index (χ4v) is 28.7. The van der Waals surface area contributed by atoms with Crippen molar-refractivity contribution >= 4 is 35.6 Å². The van der Waals surface area contributed by atoms with Gasteiger partial charge in [-0.15, -0.1) is 0 Å². The summed E-state index contributed by atoms with van der Waals surface area (Å²) < 4.78 is 16.8. The predicted molar refractivity (Wildman–Crippen MR) is 407 cm³/mol. The van der Waals surface area contributed by atoms with Gasteiger partial charge in [-0.3, -0.25) is 29.3 Å². The van der Waals surface area contributed by atoms with Gasteiger partial charge in [0, 0.05) is 89.8 Å². The minimum absolute atomic E-state index is 0. The molecule has 4 amide bonds. The van der Waals surface area contributed by atoms with Gasteiger partial charge in [0.05, 0.1) is 24.7 Å². The van der Waals surface area contributed by atoms with Crippen LogP contribution in [0.3, 0.4) is 0 Å². The van der Waals surface area contributed by atoms with E-state index in [0.717, 1.165) is 148 Å². The number of ether oxygens (including phenoxy) is 3. The second-order valence-electron chi connectivity index (χ2n) is 38.0. The van der Waals surface area contributed by atoms with Crippen LogP contribution in [0.5, 0.6) is 0 Å². The lowest BCUT2D eigenvalue weighted by atomic mass is 9.50. The van der Waals surface area contributed by atoms with E-state index >= 15 is 0 Å². The molecule has 0 aromatic rings. The highest BCUT2D eigenvalue weighted by molar-refractivity contribution is 5.93. The summed E-state index contributed by atoms with van der Waals surface area (Å²) in [5.74, 6) is 15.4. The molecule has 0 radical (unpaired) electrons. The van der Waals surface area contributed by atoms with Gasteiger partial charge < -0.3 is 34.6 Å². The minimum Gasteiger partial charge on any atom is -0.462 e. The highest BCUT2D eigenvalue weighted by atomic mass is 16.6. The Balaban J connectivity index is 0.000000118. The Hall–Kier alpha value is -5.89. The lowest BCUT2D eigenvalue weighted by molar-refractivity contribution is -0.553. The van der Waals surface area contributed by atoms with Gasteiger partial charge in [0.2, 0.25) is 29.7 Å². The van der Waals surface area contributed by atoms with E-state index in [2.05, 4.69) is 68.0 Å². The van der Waals surface area contributed by atoms with Gasteiger partial charge in [-0.2, -0.15) is 5.26 Å². The van der Waals surface area contributed by atoms with Crippen molar-refractivity contribution in [1.82, 2.24) is 20.4 Å². The molecule has 24 fully saturated rings. The van der Waals surface area contributed by atoms with Crippen molar-refractivity contribution in [2.75, 3.05) is 27.3 Å². The number of esters is 2. The number of hydrogen-bond donors (Lipinski definition) is 2. The third-order valence-corrected chi connectivity index (χ3v) is 31.0. The van der Waals surface area contributed by atoms with Crippen molar-refractivity contribution < 1.29 is 47.9 Å². The molecule has 0 unspecified atom stereocenters. The van der Waals surface area contributed by atoms with Crippen LogP contribution < -0.4 is 10.6 Å². The predicted octanol–water partition coefficient (Wildman–Crippen LogP) is 15.6. The van der Waals surface area contributed by atoms with Crippen LogP contribution >= 0.6 is 0 Å². The largest absolute Gasteiger partial charge is 0.462 e. The van der Waals surface area contributed by atoms with Crippen LogP contribution in [0.15, 0.2) is 74.4 Å². The summed E-state index contributed by atoms with van der Waals surface area (Å²) in [5, 5.41) is 26.7. The second kappa shape index (κ2) is 32.4. The number of likely N-dealkylation sites (N-methyl/N-ethyl adjacent to an activating group) is 2. The highest BCUT2D eigenvalue weighted by Crippen LogP contribution is 2.63. The molecule has 0 aromatic heterocycles. The van der Waals surface area contributed by atoms with Crippen LogP contribution in [0.4, 0.5) is 0 Å². The third kappa shape index (κ3) is 16.4. The number of carbonyl (C=O) groups excluding carboxylic acids is 6. The smallest absolute Gasteiger partial charge is 0.333 e. The number of methoxy groups -OCH3 is 1. The molecule has 0 aromatic carbocycles. The molecule has 17 heteroatoms. The lowest BCUT2D eigenvalue weighted by Gasteiger charge is -2.58. The maximum atomic E-state index is 12.3. The standard InChI is InChI=1S/C16H25NO.C15H20N2O.C15H22O2.C14H20N2O3.C14H21NO2.C13H18O2.CH4/c1-4-17(16(18)10(2)3)15-13-6-11-5-12(8-13)9-14(15)7-11;1-3-14(18)17(2)15-11-4-9-5-12(15)7-10(6-11)13(9)8-16;1-10(2)14(16)17-9-15-6-11-3-12(7-15)5-13(4-11)8-15;1-7(2)14(17)15-12-8-3-10-5-9(12)6-11(4-8)13(10)16(18)19;1-3-12(16)15-13-8-4-10-6-9(13)7-11(5-8)14(10)17-2;1-2-12(14)15-13-6-9-3-10(7-13)5-11(4-9)8-13;/h11-15H,2,4-9H2,1,3H3;3,9-13,15H,1,4-7H2,2H3;11-13H,1,3-9H2,2H3;8-13H,1,3-6H2,2H3,(H,15,17);3,8-11,13-14H,1,4-7H2,2H3,(H,15,16);2,9-11H,1,3-8H2;1H4. The maximum absolute atomic E-state index is 12.3. The summed E-state index contributed by atoms with van der Waals surface area (Å²) >= 11 is 0. The van der Waals surface area contributed by atoms with Gasteiger partial charge in [0.25, 0.3) is 0 Å². The normalized spacial score (nSPS) is 43.5. The van der Waals surface area contributed by atoms with Crippen molar-refractivity contribution in [1.29, 1.82) is 5.26 Å².